The Morgan fingerprint density at radius 2 is 2.04 bits per heavy atom. The molecule has 7 nitrogen and oxygen atoms in total. The molecule has 3 aliphatic rings. The van der Waals surface area contributed by atoms with Gasteiger partial charge in [-0.25, -0.2) is 17.9 Å². The first-order valence-corrected chi connectivity index (χ1v) is 11.6. The number of rotatable bonds is 6. The van der Waals surface area contributed by atoms with E-state index in [4.69, 9.17) is 4.74 Å². The van der Waals surface area contributed by atoms with E-state index in [1.807, 2.05) is 11.8 Å². The number of nitrogens with zero attached hydrogens (tertiary/aromatic N) is 1. The first-order valence-electron chi connectivity index (χ1n) is 8.78. The Morgan fingerprint density at radius 3 is 2.79 bits per heavy atom. The second-order valence-electron chi connectivity index (χ2n) is 6.75. The zero-order valence-electron chi connectivity index (χ0n) is 13.9. The summed E-state index contributed by atoms with van der Waals surface area (Å²) in [5.74, 6) is 1.95. The predicted octanol–water partition coefficient (Wildman–Crippen LogP) is 0.764. The minimum absolute atomic E-state index is 0.0213. The second-order valence-corrected chi connectivity index (χ2v) is 9.74. The molecule has 1 aliphatic carbocycles. The van der Waals surface area contributed by atoms with Crippen LogP contribution in [-0.4, -0.2) is 74.5 Å². The summed E-state index contributed by atoms with van der Waals surface area (Å²) in [6.07, 6.45) is 5.30. The molecule has 2 N–H and O–H groups in total. The lowest BCUT2D eigenvalue weighted by molar-refractivity contribution is 0.0109. The Kier molecular flexibility index (Phi) is 6.28. The zero-order valence-corrected chi connectivity index (χ0v) is 15.5. The van der Waals surface area contributed by atoms with Crippen molar-refractivity contribution in [3.63, 3.8) is 0 Å². The Balaban J connectivity index is 1.43. The van der Waals surface area contributed by atoms with Crippen LogP contribution in [0.15, 0.2) is 0 Å². The highest BCUT2D eigenvalue weighted by molar-refractivity contribution is 7.99. The number of carbonyl (C=O) groups is 1. The number of fused-ring (bicyclic) bond motifs is 1. The maximum atomic E-state index is 12.1. The third-order valence-electron chi connectivity index (χ3n) is 5.03. The molecule has 0 aromatic carbocycles. The molecule has 0 radical (unpaired) electrons. The van der Waals surface area contributed by atoms with E-state index in [9.17, 15) is 13.2 Å². The molecular weight excluding hydrogens is 350 g/mol. The molecule has 2 atom stereocenters. The number of piperidine rings is 1. The molecule has 3 fully saturated rings. The summed E-state index contributed by atoms with van der Waals surface area (Å²) in [7, 11) is -3.65. The van der Waals surface area contributed by atoms with Crippen LogP contribution < -0.4 is 10.0 Å². The smallest absolute Gasteiger partial charge is 0.328 e. The van der Waals surface area contributed by atoms with Crippen molar-refractivity contribution in [2.24, 2.45) is 0 Å². The minimum Gasteiger partial charge on any atom is -0.377 e. The van der Waals surface area contributed by atoms with Gasteiger partial charge in [-0.1, -0.05) is 0 Å². The average molecular weight is 378 g/mol. The first-order chi connectivity index (χ1) is 11.5. The van der Waals surface area contributed by atoms with Gasteiger partial charge >= 0.3 is 6.03 Å². The van der Waals surface area contributed by atoms with Crippen molar-refractivity contribution in [3.8, 4) is 0 Å². The molecule has 0 aromatic rings. The van der Waals surface area contributed by atoms with Gasteiger partial charge in [-0.05, 0) is 38.6 Å². The highest BCUT2D eigenvalue weighted by Gasteiger charge is 2.34. The summed E-state index contributed by atoms with van der Waals surface area (Å²) in [6.45, 7) is 2.26. The van der Waals surface area contributed by atoms with Crippen molar-refractivity contribution < 1.29 is 17.9 Å². The van der Waals surface area contributed by atoms with E-state index < -0.39 is 16.1 Å². The van der Waals surface area contributed by atoms with Crippen LogP contribution in [0.1, 0.15) is 32.1 Å². The molecule has 2 saturated heterocycles. The van der Waals surface area contributed by atoms with Crippen molar-refractivity contribution in [1.82, 2.24) is 14.9 Å². The van der Waals surface area contributed by atoms with Crippen molar-refractivity contribution in [2.45, 2.75) is 50.3 Å². The van der Waals surface area contributed by atoms with Crippen molar-refractivity contribution in [1.29, 1.82) is 0 Å². The van der Waals surface area contributed by atoms with Gasteiger partial charge in [-0.3, -0.25) is 4.90 Å². The summed E-state index contributed by atoms with van der Waals surface area (Å²) in [6, 6.07) is -0.276. The van der Waals surface area contributed by atoms with Gasteiger partial charge in [0.1, 0.15) is 0 Å². The Labute approximate surface area is 148 Å². The zero-order chi connectivity index (χ0) is 17.0. The molecule has 0 bridgehead atoms. The number of hydrogen-bond acceptors (Lipinski definition) is 6. The van der Waals surface area contributed by atoms with Gasteiger partial charge in [-0.2, -0.15) is 11.8 Å². The van der Waals surface area contributed by atoms with Gasteiger partial charge in [-0.15, -0.1) is 0 Å². The molecule has 2 heterocycles. The van der Waals surface area contributed by atoms with Crippen LogP contribution in [-0.2, 0) is 14.8 Å². The minimum atomic E-state index is -3.65. The lowest BCUT2D eigenvalue weighted by Gasteiger charge is -2.44. The Morgan fingerprint density at radius 1 is 1.21 bits per heavy atom. The van der Waals surface area contributed by atoms with E-state index in [0.29, 0.717) is 6.04 Å². The highest BCUT2D eigenvalue weighted by Crippen LogP contribution is 2.25. The predicted molar refractivity (Wildman–Crippen MR) is 94.8 cm³/mol. The normalized spacial score (nSPS) is 28.7. The quantitative estimate of drug-likeness (QED) is 0.711. The number of urea groups is 1. The van der Waals surface area contributed by atoms with Crippen LogP contribution in [0.25, 0.3) is 0 Å². The van der Waals surface area contributed by atoms with Crippen LogP contribution in [0.3, 0.4) is 0 Å². The third kappa shape index (κ3) is 5.00. The lowest BCUT2D eigenvalue weighted by atomic mass is 9.96. The molecule has 1 saturated carbocycles. The molecule has 0 spiro atoms. The van der Waals surface area contributed by atoms with Crippen LogP contribution in [0.5, 0.6) is 0 Å². The first kappa shape index (κ1) is 18.3. The fraction of sp³-hybridized carbons (Fsp3) is 0.933. The molecule has 2 amide bonds. The maximum absolute atomic E-state index is 12.1. The van der Waals surface area contributed by atoms with Crippen LogP contribution in [0, 0.1) is 0 Å². The number of ether oxygens (including phenoxy) is 1. The summed E-state index contributed by atoms with van der Waals surface area (Å²) >= 11 is 1.90. The number of thioether (sulfide) groups is 1. The molecular formula is C15H27N3O4S2. The third-order valence-corrected chi connectivity index (χ3v) is 7.28. The Bertz CT molecular complexity index is 537. The molecule has 2 aliphatic heterocycles. The van der Waals surface area contributed by atoms with Gasteiger partial charge in [0, 0.05) is 30.1 Å². The number of nitrogens with one attached hydrogen (secondary N) is 2. The summed E-state index contributed by atoms with van der Waals surface area (Å²) < 4.78 is 31.6. The van der Waals surface area contributed by atoms with E-state index >= 15 is 0 Å². The summed E-state index contributed by atoms with van der Waals surface area (Å²) in [5, 5.41) is 2.87. The van der Waals surface area contributed by atoms with Gasteiger partial charge in [0.2, 0.25) is 10.0 Å². The molecule has 138 valence electrons. The number of sulfonamides is 1. The largest absolute Gasteiger partial charge is 0.377 e. The molecule has 0 aromatic heterocycles. The van der Waals surface area contributed by atoms with Gasteiger partial charge in [0.15, 0.2) is 0 Å². The van der Waals surface area contributed by atoms with Crippen LogP contribution >= 0.6 is 11.8 Å². The second kappa shape index (κ2) is 8.25. The van der Waals surface area contributed by atoms with E-state index in [-0.39, 0.29) is 24.5 Å². The van der Waals surface area contributed by atoms with E-state index in [1.165, 1.54) is 0 Å². The van der Waals surface area contributed by atoms with E-state index in [0.717, 1.165) is 56.7 Å². The van der Waals surface area contributed by atoms with Gasteiger partial charge in [0.25, 0.3) is 0 Å². The molecule has 9 heteroatoms. The van der Waals surface area contributed by atoms with Crippen LogP contribution in [0.4, 0.5) is 4.79 Å². The summed E-state index contributed by atoms with van der Waals surface area (Å²) in [4.78, 5) is 14.5. The topological polar surface area (TPSA) is 87.7 Å². The van der Waals surface area contributed by atoms with Crippen molar-refractivity contribution in [3.05, 3.63) is 0 Å². The monoisotopic (exact) mass is 377 g/mol. The number of hydrogen-bond donors (Lipinski definition) is 2. The summed E-state index contributed by atoms with van der Waals surface area (Å²) in [5.41, 5.74) is 0. The van der Waals surface area contributed by atoms with E-state index in [2.05, 4.69) is 14.9 Å². The lowest BCUT2D eigenvalue weighted by Crippen LogP contribution is -2.60. The molecule has 24 heavy (non-hydrogen) atoms. The van der Waals surface area contributed by atoms with E-state index in [1.54, 1.807) is 0 Å². The number of carbonyl (C=O) groups excluding carboxylic acids is 1. The standard InChI is InChI=1S/C15H27N3O4S2/c19-15(17-24(20,21)10-8-22-12-3-1-4-12)16-13-5-2-6-18-7-9-23-11-14(13)18/h12-14H,1-11H2,(H2,16,17,19). The van der Waals surface area contributed by atoms with Crippen LogP contribution in [0.2, 0.25) is 0 Å². The van der Waals surface area contributed by atoms with Crippen molar-refractivity contribution in [2.75, 3.05) is 37.0 Å². The van der Waals surface area contributed by atoms with Gasteiger partial charge < -0.3 is 10.1 Å². The highest BCUT2D eigenvalue weighted by atomic mass is 32.2. The number of amides is 2. The van der Waals surface area contributed by atoms with Crippen molar-refractivity contribution >= 4 is 27.8 Å². The average Bonchev–Trinajstić information content (AvgIpc) is 2.49. The van der Waals surface area contributed by atoms with Gasteiger partial charge in [0.05, 0.1) is 18.5 Å². The maximum Gasteiger partial charge on any atom is 0.328 e. The fourth-order valence-electron chi connectivity index (χ4n) is 3.43. The fourth-order valence-corrected chi connectivity index (χ4v) is 5.41. The SMILES string of the molecule is O=C(NC1CCCN2CCSCC12)NS(=O)(=O)CCOC1CCC1. The Hall–Kier alpha value is -0.510. The molecule has 3 rings (SSSR count). The molecule has 2 unspecified atom stereocenters.